The van der Waals surface area contributed by atoms with Crippen LogP contribution in [0.1, 0.15) is 30.3 Å². The van der Waals surface area contributed by atoms with Crippen molar-refractivity contribution in [2.24, 2.45) is 13.0 Å². The first kappa shape index (κ1) is 15.5. The van der Waals surface area contributed by atoms with E-state index in [9.17, 15) is 0 Å². The number of rotatable bonds is 6. The molecule has 1 saturated carbocycles. The summed E-state index contributed by atoms with van der Waals surface area (Å²) in [5.74, 6) is 2.57. The lowest BCUT2D eigenvalue weighted by molar-refractivity contribution is -0.0159. The van der Waals surface area contributed by atoms with E-state index in [4.69, 9.17) is 9.72 Å². The minimum atomic E-state index is 0.0848. The molecule has 2 fully saturated rings. The van der Waals surface area contributed by atoms with Gasteiger partial charge in [-0.1, -0.05) is 0 Å². The molecule has 2 aromatic rings. The molecule has 0 amide bonds. The summed E-state index contributed by atoms with van der Waals surface area (Å²) in [5, 5.41) is 7.69. The molecule has 24 heavy (non-hydrogen) atoms. The minimum absolute atomic E-state index is 0.0848. The van der Waals surface area contributed by atoms with E-state index in [0.29, 0.717) is 6.61 Å². The number of hydrogen-bond donors (Lipinski definition) is 1. The monoisotopic (exact) mass is 328 g/mol. The zero-order valence-electron chi connectivity index (χ0n) is 14.1. The van der Waals surface area contributed by atoms with Crippen LogP contribution in [0.15, 0.2) is 24.7 Å². The van der Waals surface area contributed by atoms with Gasteiger partial charge >= 0.3 is 0 Å². The molecule has 1 N–H and O–H groups in total. The number of aromatic nitrogens is 4. The molecule has 1 aliphatic carbocycles. The van der Waals surface area contributed by atoms with Gasteiger partial charge in [0.1, 0.15) is 11.6 Å². The van der Waals surface area contributed by atoms with Gasteiger partial charge in [-0.2, -0.15) is 5.10 Å². The van der Waals surface area contributed by atoms with Gasteiger partial charge in [-0.15, -0.1) is 0 Å². The Morgan fingerprint density at radius 1 is 1.38 bits per heavy atom. The summed E-state index contributed by atoms with van der Waals surface area (Å²) in [4.78, 5) is 11.6. The lowest BCUT2D eigenvalue weighted by atomic mass is 10.2. The van der Waals surface area contributed by atoms with Crippen molar-refractivity contribution in [2.45, 2.75) is 25.4 Å². The van der Waals surface area contributed by atoms with Gasteiger partial charge in [0.05, 0.1) is 25.5 Å². The molecule has 4 rings (SSSR count). The third-order valence-electron chi connectivity index (χ3n) is 4.62. The molecule has 7 nitrogen and oxygen atoms in total. The lowest BCUT2D eigenvalue weighted by Crippen LogP contribution is -2.39. The minimum Gasteiger partial charge on any atom is -0.378 e. The van der Waals surface area contributed by atoms with Crippen LogP contribution in [0, 0.1) is 5.92 Å². The zero-order valence-corrected chi connectivity index (χ0v) is 14.1. The summed E-state index contributed by atoms with van der Waals surface area (Å²) in [5.41, 5.74) is 1.20. The van der Waals surface area contributed by atoms with Crippen LogP contribution in [-0.2, 0) is 18.3 Å². The second-order valence-electron chi connectivity index (χ2n) is 6.71. The summed E-state index contributed by atoms with van der Waals surface area (Å²) >= 11 is 0. The zero-order chi connectivity index (χ0) is 16.4. The second kappa shape index (κ2) is 6.86. The number of nitrogens with zero attached hydrogens (tertiary/aromatic N) is 5. The van der Waals surface area contributed by atoms with Gasteiger partial charge in [-0.25, -0.2) is 9.97 Å². The predicted molar refractivity (Wildman–Crippen MR) is 90.4 cm³/mol. The molecule has 128 valence electrons. The SMILES string of the molecule is Cn1cc(CN2CCOCC2c2nccc(NCC3CC3)n2)cn1. The molecule has 3 heterocycles. The molecule has 2 aromatic heterocycles. The summed E-state index contributed by atoms with van der Waals surface area (Å²) < 4.78 is 7.53. The molecule has 1 unspecified atom stereocenters. The third kappa shape index (κ3) is 3.73. The van der Waals surface area contributed by atoms with Crippen LogP contribution in [0.3, 0.4) is 0 Å². The summed E-state index contributed by atoms with van der Waals surface area (Å²) in [6.07, 6.45) is 8.48. The number of anilines is 1. The van der Waals surface area contributed by atoms with Crippen LogP contribution >= 0.6 is 0 Å². The van der Waals surface area contributed by atoms with Crippen LogP contribution in [-0.4, -0.2) is 51.0 Å². The van der Waals surface area contributed by atoms with Gasteiger partial charge in [0.25, 0.3) is 0 Å². The molecule has 1 saturated heterocycles. The maximum absolute atomic E-state index is 5.69. The van der Waals surface area contributed by atoms with E-state index in [-0.39, 0.29) is 6.04 Å². The van der Waals surface area contributed by atoms with Crippen LogP contribution in [0.25, 0.3) is 0 Å². The maximum atomic E-state index is 5.69. The topological polar surface area (TPSA) is 68.1 Å². The number of morpholine rings is 1. The van der Waals surface area contributed by atoms with Crippen LogP contribution in [0.4, 0.5) is 5.82 Å². The standard InChI is InChI=1S/C17H24N6O/c1-22-10-14(9-20-22)11-23-6-7-24-12-15(23)17-18-5-4-16(21-17)19-8-13-2-3-13/h4-5,9-10,13,15H,2-3,6-8,11-12H2,1H3,(H,18,19,21). The van der Waals surface area contributed by atoms with Crippen molar-refractivity contribution in [1.29, 1.82) is 0 Å². The van der Waals surface area contributed by atoms with Crippen molar-refractivity contribution in [3.05, 3.63) is 36.0 Å². The van der Waals surface area contributed by atoms with Crippen LogP contribution in [0.2, 0.25) is 0 Å². The Bertz CT molecular complexity index is 683. The molecule has 0 radical (unpaired) electrons. The van der Waals surface area contributed by atoms with Crippen molar-refractivity contribution in [2.75, 3.05) is 31.6 Å². The molecule has 0 aromatic carbocycles. The molecule has 0 bridgehead atoms. The molecule has 7 heteroatoms. The quantitative estimate of drug-likeness (QED) is 0.869. The van der Waals surface area contributed by atoms with E-state index in [1.807, 2.05) is 30.2 Å². The average Bonchev–Trinajstić information content (AvgIpc) is 3.35. The normalized spacial score (nSPS) is 21.8. The fraction of sp³-hybridized carbons (Fsp3) is 0.588. The highest BCUT2D eigenvalue weighted by molar-refractivity contribution is 5.33. The smallest absolute Gasteiger partial charge is 0.150 e. The molecule has 0 spiro atoms. The van der Waals surface area contributed by atoms with E-state index < -0.39 is 0 Å². The maximum Gasteiger partial charge on any atom is 0.150 e. The molecular formula is C17H24N6O. The second-order valence-corrected chi connectivity index (χ2v) is 6.71. The van der Waals surface area contributed by atoms with E-state index in [2.05, 4.69) is 26.5 Å². The molecular weight excluding hydrogens is 304 g/mol. The number of ether oxygens (including phenoxy) is 1. The summed E-state index contributed by atoms with van der Waals surface area (Å²) in [7, 11) is 1.94. The van der Waals surface area contributed by atoms with E-state index >= 15 is 0 Å². The first-order valence-electron chi connectivity index (χ1n) is 8.64. The third-order valence-corrected chi connectivity index (χ3v) is 4.62. The van der Waals surface area contributed by atoms with E-state index in [1.54, 1.807) is 0 Å². The highest BCUT2D eigenvalue weighted by Gasteiger charge is 2.27. The largest absolute Gasteiger partial charge is 0.378 e. The average molecular weight is 328 g/mol. The first-order valence-corrected chi connectivity index (χ1v) is 8.64. The number of nitrogens with one attached hydrogen (secondary N) is 1. The number of aryl methyl sites for hydroxylation is 1. The van der Waals surface area contributed by atoms with Gasteiger partial charge in [-0.3, -0.25) is 9.58 Å². The van der Waals surface area contributed by atoms with E-state index in [0.717, 1.165) is 43.8 Å². The van der Waals surface area contributed by atoms with E-state index in [1.165, 1.54) is 18.4 Å². The first-order chi connectivity index (χ1) is 11.8. The van der Waals surface area contributed by atoms with Gasteiger partial charge in [-0.05, 0) is 24.8 Å². The Morgan fingerprint density at radius 3 is 3.08 bits per heavy atom. The van der Waals surface area contributed by atoms with Gasteiger partial charge in [0.2, 0.25) is 0 Å². The Hall–Kier alpha value is -1.99. The Morgan fingerprint density at radius 2 is 2.29 bits per heavy atom. The highest BCUT2D eigenvalue weighted by atomic mass is 16.5. The van der Waals surface area contributed by atoms with Crippen LogP contribution < -0.4 is 5.32 Å². The van der Waals surface area contributed by atoms with Crippen molar-refractivity contribution >= 4 is 5.82 Å². The van der Waals surface area contributed by atoms with Crippen molar-refractivity contribution < 1.29 is 4.74 Å². The van der Waals surface area contributed by atoms with Crippen molar-refractivity contribution in [1.82, 2.24) is 24.6 Å². The fourth-order valence-corrected chi connectivity index (χ4v) is 3.06. The molecule has 1 aliphatic heterocycles. The predicted octanol–water partition coefficient (Wildman–Crippen LogP) is 1.61. The number of hydrogen-bond acceptors (Lipinski definition) is 6. The van der Waals surface area contributed by atoms with Crippen LogP contribution in [0.5, 0.6) is 0 Å². The van der Waals surface area contributed by atoms with Gasteiger partial charge < -0.3 is 10.1 Å². The highest BCUT2D eigenvalue weighted by Crippen LogP contribution is 2.29. The van der Waals surface area contributed by atoms with Gasteiger partial charge in [0.15, 0.2) is 0 Å². The molecule has 1 atom stereocenters. The Kier molecular flexibility index (Phi) is 4.44. The Labute approximate surface area is 142 Å². The molecule has 2 aliphatic rings. The van der Waals surface area contributed by atoms with Crippen molar-refractivity contribution in [3.8, 4) is 0 Å². The summed E-state index contributed by atoms with van der Waals surface area (Å²) in [6.45, 7) is 4.10. The van der Waals surface area contributed by atoms with Gasteiger partial charge in [0, 0.05) is 44.6 Å². The fourth-order valence-electron chi connectivity index (χ4n) is 3.06. The van der Waals surface area contributed by atoms with Crippen molar-refractivity contribution in [3.63, 3.8) is 0 Å². The Balaban J connectivity index is 1.47. The lowest BCUT2D eigenvalue weighted by Gasteiger charge is -2.34. The summed E-state index contributed by atoms with van der Waals surface area (Å²) in [6, 6.07) is 2.03.